The molecule has 0 saturated heterocycles. The summed E-state index contributed by atoms with van der Waals surface area (Å²) < 4.78 is 10.6. The maximum absolute atomic E-state index is 12.0. The van der Waals surface area contributed by atoms with Crippen molar-refractivity contribution in [2.45, 2.75) is 19.4 Å². The first-order chi connectivity index (χ1) is 10.2. The van der Waals surface area contributed by atoms with E-state index in [4.69, 9.17) is 21.1 Å². The van der Waals surface area contributed by atoms with Gasteiger partial charge in [-0.25, -0.2) is 0 Å². The van der Waals surface area contributed by atoms with E-state index in [1.807, 2.05) is 19.1 Å². The highest BCUT2D eigenvalue weighted by molar-refractivity contribution is 6.32. The second-order valence-corrected chi connectivity index (χ2v) is 4.89. The van der Waals surface area contributed by atoms with Crippen LogP contribution in [0, 0.1) is 0 Å². The lowest BCUT2D eigenvalue weighted by molar-refractivity contribution is -0.128. The predicted molar refractivity (Wildman–Crippen MR) is 91.2 cm³/mol. The van der Waals surface area contributed by atoms with Crippen molar-refractivity contribution >= 4 is 29.9 Å². The van der Waals surface area contributed by atoms with Gasteiger partial charge in [0.1, 0.15) is 5.75 Å². The van der Waals surface area contributed by atoms with Gasteiger partial charge in [0.05, 0.1) is 11.6 Å². The zero-order valence-corrected chi connectivity index (χ0v) is 14.5. The van der Waals surface area contributed by atoms with E-state index >= 15 is 0 Å². The standard InChI is InChI=1S/C15H23ClN2O3.ClH/c1-3-13(21-14-7-5-4-6-12(14)16)15(19)18-9-8-17-10-11-20-2;/h4-7,13,17H,3,8-11H2,1-2H3,(H,18,19);1H. The van der Waals surface area contributed by atoms with E-state index in [2.05, 4.69) is 10.6 Å². The highest BCUT2D eigenvalue weighted by Crippen LogP contribution is 2.24. The molecule has 22 heavy (non-hydrogen) atoms. The highest BCUT2D eigenvalue weighted by atomic mass is 35.5. The lowest BCUT2D eigenvalue weighted by Gasteiger charge is -2.18. The molecule has 0 saturated carbocycles. The Morgan fingerprint density at radius 2 is 2.00 bits per heavy atom. The number of ether oxygens (including phenoxy) is 2. The lowest BCUT2D eigenvalue weighted by atomic mass is 10.2. The maximum Gasteiger partial charge on any atom is 0.261 e. The predicted octanol–water partition coefficient (Wildman–Crippen LogP) is 2.27. The third kappa shape index (κ3) is 7.84. The second kappa shape index (κ2) is 12.5. The summed E-state index contributed by atoms with van der Waals surface area (Å²) in [7, 11) is 1.65. The van der Waals surface area contributed by atoms with Crippen LogP contribution < -0.4 is 15.4 Å². The van der Waals surface area contributed by atoms with E-state index in [1.54, 1.807) is 19.2 Å². The van der Waals surface area contributed by atoms with Crippen LogP contribution in [0.2, 0.25) is 5.02 Å². The zero-order valence-electron chi connectivity index (χ0n) is 12.9. The van der Waals surface area contributed by atoms with E-state index < -0.39 is 6.10 Å². The summed E-state index contributed by atoms with van der Waals surface area (Å²) in [6.45, 7) is 4.56. The smallest absolute Gasteiger partial charge is 0.261 e. The normalized spacial score (nSPS) is 11.4. The van der Waals surface area contributed by atoms with Gasteiger partial charge in [0.25, 0.3) is 5.91 Å². The number of methoxy groups -OCH3 is 1. The van der Waals surface area contributed by atoms with E-state index in [-0.39, 0.29) is 18.3 Å². The van der Waals surface area contributed by atoms with Crippen molar-refractivity contribution < 1.29 is 14.3 Å². The van der Waals surface area contributed by atoms with Crippen molar-refractivity contribution in [3.8, 4) is 5.75 Å². The first-order valence-electron chi connectivity index (χ1n) is 7.07. The van der Waals surface area contributed by atoms with E-state index in [0.29, 0.717) is 36.9 Å². The van der Waals surface area contributed by atoms with Crippen LogP contribution in [-0.4, -0.2) is 45.4 Å². The molecule has 0 heterocycles. The molecule has 1 rings (SSSR count). The Morgan fingerprint density at radius 3 is 2.64 bits per heavy atom. The first-order valence-corrected chi connectivity index (χ1v) is 7.45. The van der Waals surface area contributed by atoms with E-state index in [0.717, 1.165) is 6.54 Å². The number of nitrogens with one attached hydrogen (secondary N) is 2. The molecule has 0 aromatic heterocycles. The fraction of sp³-hybridized carbons (Fsp3) is 0.533. The van der Waals surface area contributed by atoms with Crippen LogP contribution in [0.1, 0.15) is 13.3 Å². The van der Waals surface area contributed by atoms with E-state index in [9.17, 15) is 4.79 Å². The second-order valence-electron chi connectivity index (χ2n) is 4.48. The summed E-state index contributed by atoms with van der Waals surface area (Å²) in [6, 6.07) is 7.14. The molecule has 0 spiro atoms. The molecular weight excluding hydrogens is 327 g/mol. The first kappa shape index (κ1) is 21.0. The molecule has 0 aliphatic carbocycles. The van der Waals surface area contributed by atoms with Crippen LogP contribution in [0.15, 0.2) is 24.3 Å². The number of hydrogen-bond acceptors (Lipinski definition) is 4. The maximum atomic E-state index is 12.0. The van der Waals surface area contributed by atoms with Crippen LogP contribution in [0.25, 0.3) is 0 Å². The summed E-state index contributed by atoms with van der Waals surface area (Å²) in [6.07, 6.45) is 0.0395. The number of rotatable bonds is 10. The molecule has 0 aliphatic heterocycles. The Morgan fingerprint density at radius 1 is 1.27 bits per heavy atom. The number of benzene rings is 1. The average molecular weight is 351 g/mol. The van der Waals surface area contributed by atoms with Gasteiger partial charge in [-0.15, -0.1) is 12.4 Å². The van der Waals surface area contributed by atoms with Gasteiger partial charge in [0, 0.05) is 26.7 Å². The van der Waals surface area contributed by atoms with Crippen LogP contribution in [0.5, 0.6) is 5.75 Å². The zero-order chi connectivity index (χ0) is 15.5. The van der Waals surface area contributed by atoms with Crippen molar-refractivity contribution in [1.29, 1.82) is 0 Å². The Labute approximate surface area is 143 Å². The Balaban J connectivity index is 0.00000441. The van der Waals surface area contributed by atoms with Crippen LogP contribution in [0.4, 0.5) is 0 Å². The minimum atomic E-state index is -0.538. The van der Waals surface area contributed by atoms with Crippen molar-refractivity contribution in [1.82, 2.24) is 10.6 Å². The molecule has 5 nitrogen and oxygen atoms in total. The van der Waals surface area contributed by atoms with Gasteiger partial charge in [-0.2, -0.15) is 0 Å². The summed E-state index contributed by atoms with van der Waals surface area (Å²) in [4.78, 5) is 12.0. The minimum Gasteiger partial charge on any atom is -0.479 e. The molecule has 1 aromatic carbocycles. The van der Waals surface area contributed by atoms with Crippen molar-refractivity contribution in [3.63, 3.8) is 0 Å². The van der Waals surface area contributed by atoms with Crippen LogP contribution in [0.3, 0.4) is 0 Å². The lowest BCUT2D eigenvalue weighted by Crippen LogP contribution is -2.41. The quantitative estimate of drug-likeness (QED) is 0.635. The molecule has 0 aliphatic rings. The number of carbonyl (C=O) groups excluding carboxylic acids is 1. The fourth-order valence-corrected chi connectivity index (χ4v) is 1.88. The minimum absolute atomic E-state index is 0. The monoisotopic (exact) mass is 350 g/mol. The van der Waals surface area contributed by atoms with Gasteiger partial charge in [-0.1, -0.05) is 30.7 Å². The van der Waals surface area contributed by atoms with Gasteiger partial charge >= 0.3 is 0 Å². The molecule has 0 fully saturated rings. The van der Waals surface area contributed by atoms with Gasteiger partial charge < -0.3 is 20.1 Å². The third-order valence-electron chi connectivity index (χ3n) is 2.85. The Bertz CT molecular complexity index is 433. The summed E-state index contributed by atoms with van der Waals surface area (Å²) in [5.41, 5.74) is 0. The van der Waals surface area contributed by atoms with E-state index in [1.165, 1.54) is 0 Å². The van der Waals surface area contributed by atoms with Gasteiger partial charge in [0.15, 0.2) is 6.10 Å². The molecule has 1 aromatic rings. The molecule has 0 radical (unpaired) electrons. The summed E-state index contributed by atoms with van der Waals surface area (Å²) in [5, 5.41) is 6.50. The topological polar surface area (TPSA) is 59.6 Å². The van der Waals surface area contributed by atoms with Gasteiger partial charge in [-0.05, 0) is 18.6 Å². The number of para-hydroxylation sites is 1. The molecule has 126 valence electrons. The summed E-state index contributed by atoms with van der Waals surface area (Å²) >= 11 is 6.03. The highest BCUT2D eigenvalue weighted by Gasteiger charge is 2.18. The van der Waals surface area contributed by atoms with Gasteiger partial charge in [0.2, 0.25) is 0 Å². The molecule has 1 unspecified atom stereocenters. The van der Waals surface area contributed by atoms with Crippen molar-refractivity contribution in [2.24, 2.45) is 0 Å². The number of amides is 1. The molecule has 1 atom stereocenters. The molecule has 1 amide bonds. The fourth-order valence-electron chi connectivity index (χ4n) is 1.70. The third-order valence-corrected chi connectivity index (χ3v) is 3.17. The molecule has 7 heteroatoms. The average Bonchev–Trinajstić information content (AvgIpc) is 2.49. The molecule has 2 N–H and O–H groups in total. The van der Waals surface area contributed by atoms with Gasteiger partial charge in [-0.3, -0.25) is 4.79 Å². The van der Waals surface area contributed by atoms with Crippen molar-refractivity contribution in [2.75, 3.05) is 33.4 Å². The molecular formula is C15H24Cl2N2O3. The largest absolute Gasteiger partial charge is 0.479 e. The number of hydrogen-bond donors (Lipinski definition) is 2. The van der Waals surface area contributed by atoms with Crippen LogP contribution in [-0.2, 0) is 9.53 Å². The number of halogens is 2. The SMILES string of the molecule is CCC(Oc1ccccc1Cl)C(=O)NCCNCCOC.Cl. The van der Waals surface area contributed by atoms with Crippen LogP contribution >= 0.6 is 24.0 Å². The van der Waals surface area contributed by atoms with Crippen molar-refractivity contribution in [3.05, 3.63) is 29.3 Å². The Hall–Kier alpha value is -1.01. The number of carbonyl (C=O) groups is 1. The molecule has 0 bridgehead atoms. The summed E-state index contributed by atoms with van der Waals surface area (Å²) in [5.74, 6) is 0.394. The Kier molecular flexibility index (Phi) is 12.0.